The lowest BCUT2D eigenvalue weighted by Crippen LogP contribution is -2.56. The van der Waals surface area contributed by atoms with Gasteiger partial charge in [0.1, 0.15) is 11.4 Å². The average Bonchev–Trinajstić information content (AvgIpc) is 2.60. The summed E-state index contributed by atoms with van der Waals surface area (Å²) in [7, 11) is 0. The highest BCUT2D eigenvalue weighted by Gasteiger charge is 2.45. The zero-order valence-electron chi connectivity index (χ0n) is 10.5. The number of fused-ring (bicyclic) bond motifs is 2. The van der Waals surface area contributed by atoms with E-state index in [0.717, 1.165) is 24.9 Å². The topological polar surface area (TPSA) is 63.1 Å². The summed E-state index contributed by atoms with van der Waals surface area (Å²) >= 11 is 3.28. The van der Waals surface area contributed by atoms with E-state index in [1.54, 1.807) is 10.6 Å². The molecule has 1 unspecified atom stereocenters. The Kier molecular flexibility index (Phi) is 3.77. The Morgan fingerprint density at radius 1 is 1.42 bits per heavy atom. The first kappa shape index (κ1) is 14.6. The van der Waals surface area contributed by atoms with Crippen LogP contribution < -0.4 is 16.2 Å². The molecule has 1 aromatic rings. The molecule has 19 heavy (non-hydrogen) atoms. The number of carbonyl (C=O) groups excluding carboxylic acids is 1. The van der Waals surface area contributed by atoms with Gasteiger partial charge in [-0.15, -0.1) is 12.4 Å². The van der Waals surface area contributed by atoms with Gasteiger partial charge < -0.3 is 10.6 Å². The molecule has 104 valence electrons. The van der Waals surface area contributed by atoms with E-state index in [0.29, 0.717) is 16.7 Å². The Labute approximate surface area is 125 Å². The summed E-state index contributed by atoms with van der Waals surface area (Å²) in [4.78, 5) is 24.4. The van der Waals surface area contributed by atoms with Gasteiger partial charge >= 0.3 is 0 Å². The molecule has 5 nitrogen and oxygen atoms in total. The number of piperidine rings is 1. The van der Waals surface area contributed by atoms with E-state index in [9.17, 15) is 9.59 Å². The molecule has 1 atom stereocenters. The molecule has 2 N–H and O–H groups in total. The molecule has 0 aromatic carbocycles. The number of hydrogen-bond donors (Lipinski definition) is 2. The Hall–Kier alpha value is -0.850. The van der Waals surface area contributed by atoms with E-state index in [4.69, 9.17) is 0 Å². The SMILES string of the molecule is Cc1cc(Br)c(=O)n2c1C(=O)NC21CCCNC1.Cl. The highest BCUT2D eigenvalue weighted by molar-refractivity contribution is 9.10. The van der Waals surface area contributed by atoms with E-state index in [1.165, 1.54) is 0 Å². The van der Waals surface area contributed by atoms with Gasteiger partial charge in [0.05, 0.1) is 4.47 Å². The third kappa shape index (κ3) is 2.02. The van der Waals surface area contributed by atoms with Gasteiger partial charge in [0.2, 0.25) is 0 Å². The molecule has 1 aromatic heterocycles. The quantitative estimate of drug-likeness (QED) is 0.738. The molecule has 1 amide bonds. The van der Waals surface area contributed by atoms with Crippen LogP contribution in [0.4, 0.5) is 0 Å². The molecular formula is C12H15BrClN3O2. The van der Waals surface area contributed by atoms with Gasteiger partial charge in [0.15, 0.2) is 0 Å². The third-order valence-electron chi connectivity index (χ3n) is 3.70. The van der Waals surface area contributed by atoms with Crippen molar-refractivity contribution in [1.29, 1.82) is 0 Å². The first-order valence-electron chi connectivity index (χ1n) is 6.01. The molecule has 2 aliphatic rings. The second-order valence-electron chi connectivity index (χ2n) is 4.93. The predicted molar refractivity (Wildman–Crippen MR) is 77.9 cm³/mol. The minimum absolute atomic E-state index is 0. The fourth-order valence-corrected chi connectivity index (χ4v) is 3.43. The monoisotopic (exact) mass is 347 g/mol. The molecule has 7 heteroatoms. The van der Waals surface area contributed by atoms with Gasteiger partial charge in [-0.1, -0.05) is 0 Å². The fraction of sp³-hybridized carbons (Fsp3) is 0.500. The molecule has 0 aliphatic carbocycles. The maximum absolute atomic E-state index is 12.3. The number of aromatic nitrogens is 1. The maximum Gasteiger partial charge on any atom is 0.270 e. The Bertz CT molecular complexity index is 593. The van der Waals surface area contributed by atoms with Crippen molar-refractivity contribution in [3.05, 3.63) is 32.2 Å². The van der Waals surface area contributed by atoms with Gasteiger partial charge in [-0.25, -0.2) is 0 Å². The Balaban J connectivity index is 0.00000133. The molecule has 2 aliphatic heterocycles. The molecule has 1 saturated heterocycles. The summed E-state index contributed by atoms with van der Waals surface area (Å²) in [5, 5.41) is 6.24. The molecular weight excluding hydrogens is 334 g/mol. The van der Waals surface area contributed by atoms with Crippen molar-refractivity contribution in [2.45, 2.75) is 25.4 Å². The van der Waals surface area contributed by atoms with Gasteiger partial charge in [-0.3, -0.25) is 14.2 Å². The summed E-state index contributed by atoms with van der Waals surface area (Å²) < 4.78 is 2.13. The zero-order chi connectivity index (χ0) is 12.9. The normalized spacial score (nSPS) is 24.8. The minimum Gasteiger partial charge on any atom is -0.326 e. The van der Waals surface area contributed by atoms with E-state index in [1.807, 2.05) is 6.92 Å². The van der Waals surface area contributed by atoms with Crippen molar-refractivity contribution in [3.63, 3.8) is 0 Å². The van der Waals surface area contributed by atoms with Crippen LogP contribution in [0.25, 0.3) is 0 Å². The van der Waals surface area contributed by atoms with Gasteiger partial charge in [0.25, 0.3) is 11.5 Å². The van der Waals surface area contributed by atoms with Crippen molar-refractivity contribution in [3.8, 4) is 0 Å². The molecule has 3 heterocycles. The lowest BCUT2D eigenvalue weighted by atomic mass is 10.00. The van der Waals surface area contributed by atoms with Crippen LogP contribution in [-0.2, 0) is 5.66 Å². The molecule has 1 spiro atoms. The molecule has 3 rings (SSSR count). The first-order chi connectivity index (χ1) is 8.55. The lowest BCUT2D eigenvalue weighted by Gasteiger charge is -2.35. The van der Waals surface area contributed by atoms with Crippen LogP contribution in [0.15, 0.2) is 15.3 Å². The highest BCUT2D eigenvalue weighted by Crippen LogP contribution is 2.30. The van der Waals surface area contributed by atoms with Crippen LogP contribution in [0.5, 0.6) is 0 Å². The highest BCUT2D eigenvalue weighted by atomic mass is 79.9. The third-order valence-corrected chi connectivity index (χ3v) is 4.27. The first-order valence-corrected chi connectivity index (χ1v) is 6.80. The van der Waals surface area contributed by atoms with Gasteiger partial charge in [-0.2, -0.15) is 0 Å². The van der Waals surface area contributed by atoms with Crippen molar-refractivity contribution in [2.75, 3.05) is 13.1 Å². The zero-order valence-corrected chi connectivity index (χ0v) is 12.9. The van der Waals surface area contributed by atoms with E-state index in [2.05, 4.69) is 26.6 Å². The van der Waals surface area contributed by atoms with Crippen molar-refractivity contribution < 1.29 is 4.79 Å². The summed E-state index contributed by atoms with van der Waals surface area (Å²) in [6.07, 6.45) is 1.73. The van der Waals surface area contributed by atoms with Crippen LogP contribution in [0.3, 0.4) is 0 Å². The van der Waals surface area contributed by atoms with E-state index < -0.39 is 5.66 Å². The van der Waals surface area contributed by atoms with Crippen LogP contribution >= 0.6 is 28.3 Å². The lowest BCUT2D eigenvalue weighted by molar-refractivity contribution is 0.0892. The smallest absolute Gasteiger partial charge is 0.270 e. The number of nitrogens with one attached hydrogen (secondary N) is 2. The Morgan fingerprint density at radius 3 is 2.79 bits per heavy atom. The fourth-order valence-electron chi connectivity index (χ4n) is 2.91. The number of aryl methyl sites for hydroxylation is 1. The maximum atomic E-state index is 12.3. The van der Waals surface area contributed by atoms with Crippen LogP contribution in [0.2, 0.25) is 0 Å². The largest absolute Gasteiger partial charge is 0.326 e. The second-order valence-corrected chi connectivity index (χ2v) is 5.78. The number of amides is 1. The van der Waals surface area contributed by atoms with Crippen molar-refractivity contribution in [2.24, 2.45) is 0 Å². The summed E-state index contributed by atoms with van der Waals surface area (Å²) in [5.41, 5.74) is 0.585. The van der Waals surface area contributed by atoms with Crippen LogP contribution in [0, 0.1) is 6.92 Å². The average molecular weight is 349 g/mol. The second kappa shape index (κ2) is 4.92. The van der Waals surface area contributed by atoms with Crippen molar-refractivity contribution >= 4 is 34.2 Å². The molecule has 0 saturated carbocycles. The van der Waals surface area contributed by atoms with Gasteiger partial charge in [0, 0.05) is 6.54 Å². The van der Waals surface area contributed by atoms with Crippen LogP contribution in [-0.4, -0.2) is 23.6 Å². The summed E-state index contributed by atoms with van der Waals surface area (Å²) in [6.45, 7) is 3.38. The predicted octanol–water partition coefficient (Wildman–Crippen LogP) is 1.12. The molecule has 0 radical (unpaired) electrons. The Morgan fingerprint density at radius 2 is 2.16 bits per heavy atom. The number of halogens is 2. The van der Waals surface area contributed by atoms with Gasteiger partial charge in [-0.05, 0) is 53.9 Å². The summed E-state index contributed by atoms with van der Waals surface area (Å²) in [6, 6.07) is 1.71. The number of pyridine rings is 1. The molecule has 1 fully saturated rings. The number of nitrogens with zero attached hydrogens (tertiary/aromatic N) is 1. The molecule has 0 bridgehead atoms. The minimum atomic E-state index is -0.587. The van der Waals surface area contributed by atoms with Crippen LogP contribution in [0.1, 0.15) is 28.9 Å². The number of hydrogen-bond acceptors (Lipinski definition) is 3. The number of rotatable bonds is 0. The van der Waals surface area contributed by atoms with E-state index in [-0.39, 0.29) is 23.9 Å². The summed E-state index contributed by atoms with van der Waals surface area (Å²) in [5.74, 6) is -0.152. The van der Waals surface area contributed by atoms with Crippen molar-refractivity contribution in [1.82, 2.24) is 15.2 Å². The number of carbonyl (C=O) groups is 1. The van der Waals surface area contributed by atoms with E-state index >= 15 is 0 Å². The standard InChI is InChI=1S/C12H14BrN3O2.ClH/c1-7-5-8(13)11(18)16-9(7)10(17)15-12(16)3-2-4-14-6-12;/h5,14H,2-4,6H2,1H3,(H,15,17);1H.